The van der Waals surface area contributed by atoms with E-state index >= 15 is 0 Å². The van der Waals surface area contributed by atoms with E-state index in [9.17, 15) is 9.90 Å². The second-order valence-electron chi connectivity index (χ2n) is 6.68. The fraction of sp³-hybridized carbons (Fsp3) is 0.533. The molecule has 0 aliphatic heterocycles. The molecule has 1 aromatic rings. The maximum Gasteiger partial charge on any atom is 0.211 e. The molecule has 0 saturated carbocycles. The van der Waals surface area contributed by atoms with Crippen molar-refractivity contribution >= 4 is 12.1 Å². The molecule has 100 valence electrons. The van der Waals surface area contributed by atoms with Crippen molar-refractivity contribution in [1.82, 2.24) is 0 Å². The summed E-state index contributed by atoms with van der Waals surface area (Å²) < 4.78 is 0. The van der Waals surface area contributed by atoms with Crippen LogP contribution < -0.4 is 5.32 Å². The van der Waals surface area contributed by atoms with E-state index < -0.39 is 0 Å². The number of anilines is 1. The van der Waals surface area contributed by atoms with Crippen molar-refractivity contribution in [2.75, 3.05) is 5.32 Å². The normalized spacial score (nSPS) is 12.3. The lowest BCUT2D eigenvalue weighted by atomic mass is 9.80. The highest BCUT2D eigenvalue weighted by molar-refractivity contribution is 5.77. The van der Waals surface area contributed by atoms with Gasteiger partial charge in [0, 0.05) is 5.56 Å². The number of amides is 1. The lowest BCUT2D eigenvalue weighted by Gasteiger charge is -2.27. The Hall–Kier alpha value is -1.51. The quantitative estimate of drug-likeness (QED) is 0.622. The first-order valence-electron chi connectivity index (χ1n) is 6.15. The number of hydrogen-bond acceptors (Lipinski definition) is 2. The van der Waals surface area contributed by atoms with Crippen molar-refractivity contribution in [2.24, 2.45) is 0 Å². The number of aromatic hydroxyl groups is 1. The van der Waals surface area contributed by atoms with E-state index in [2.05, 4.69) is 26.1 Å². The van der Waals surface area contributed by atoms with Crippen LogP contribution in [0.25, 0.3) is 0 Å². The number of rotatable bonds is 2. The fourth-order valence-corrected chi connectivity index (χ4v) is 1.81. The minimum atomic E-state index is -0.176. The largest absolute Gasteiger partial charge is 0.505 e. The van der Waals surface area contributed by atoms with Crippen molar-refractivity contribution < 1.29 is 9.90 Å². The summed E-state index contributed by atoms with van der Waals surface area (Å²) >= 11 is 0. The van der Waals surface area contributed by atoms with Gasteiger partial charge in [0.15, 0.2) is 0 Å². The maximum absolute atomic E-state index is 10.6. The summed E-state index contributed by atoms with van der Waals surface area (Å²) in [6.45, 7) is 12.4. The number of nitrogens with one attached hydrogen (secondary N) is 1. The third-order valence-electron chi connectivity index (χ3n) is 3.00. The molecule has 0 saturated heterocycles. The van der Waals surface area contributed by atoms with Gasteiger partial charge in [-0.3, -0.25) is 4.79 Å². The molecule has 0 aliphatic rings. The summed E-state index contributed by atoms with van der Waals surface area (Å²) in [5.41, 5.74) is 2.20. The number of carbonyl (C=O) groups is 1. The third kappa shape index (κ3) is 3.03. The molecule has 1 amide bonds. The first-order chi connectivity index (χ1) is 8.07. The standard InChI is InChI=1S/C15H23NO2/c1-14(2,3)10-7-11(15(4,5)6)13(18)12(8-10)16-9-17/h7-9,18H,1-6H3,(H,16,17). The van der Waals surface area contributed by atoms with Gasteiger partial charge < -0.3 is 10.4 Å². The monoisotopic (exact) mass is 249 g/mol. The van der Waals surface area contributed by atoms with Gasteiger partial charge in [-0.15, -0.1) is 0 Å². The number of benzene rings is 1. The van der Waals surface area contributed by atoms with E-state index in [1.54, 1.807) is 0 Å². The molecule has 1 aromatic carbocycles. The van der Waals surface area contributed by atoms with E-state index in [0.717, 1.165) is 11.1 Å². The molecule has 0 radical (unpaired) electrons. The number of phenols is 1. The second-order valence-corrected chi connectivity index (χ2v) is 6.68. The minimum absolute atomic E-state index is 0.0347. The lowest BCUT2D eigenvalue weighted by Crippen LogP contribution is -2.17. The predicted molar refractivity (Wildman–Crippen MR) is 75.2 cm³/mol. The Morgan fingerprint density at radius 3 is 2.00 bits per heavy atom. The summed E-state index contributed by atoms with van der Waals surface area (Å²) in [5.74, 6) is 0.155. The molecule has 0 atom stereocenters. The van der Waals surface area contributed by atoms with Gasteiger partial charge in [-0.1, -0.05) is 47.6 Å². The molecule has 0 aromatic heterocycles. The predicted octanol–water partition coefficient (Wildman–Crippen LogP) is 3.56. The molecule has 0 aliphatic carbocycles. The van der Waals surface area contributed by atoms with Gasteiger partial charge in [-0.25, -0.2) is 0 Å². The van der Waals surface area contributed by atoms with Crippen LogP contribution in [0.1, 0.15) is 52.7 Å². The average Bonchev–Trinajstić information content (AvgIpc) is 2.17. The van der Waals surface area contributed by atoms with Gasteiger partial charge in [0.2, 0.25) is 6.41 Å². The Bertz CT molecular complexity index is 451. The van der Waals surface area contributed by atoms with Crippen LogP contribution in [0.3, 0.4) is 0 Å². The van der Waals surface area contributed by atoms with Crippen LogP contribution in [-0.4, -0.2) is 11.5 Å². The molecule has 0 bridgehead atoms. The molecular formula is C15H23NO2. The Balaban J connectivity index is 3.52. The molecule has 0 heterocycles. The molecule has 0 spiro atoms. The smallest absolute Gasteiger partial charge is 0.211 e. The topological polar surface area (TPSA) is 49.3 Å². The van der Waals surface area contributed by atoms with Crippen LogP contribution in [0.2, 0.25) is 0 Å². The summed E-state index contributed by atoms with van der Waals surface area (Å²) in [6.07, 6.45) is 0.591. The summed E-state index contributed by atoms with van der Waals surface area (Å²) in [4.78, 5) is 10.6. The Kier molecular flexibility index (Phi) is 3.75. The molecular weight excluding hydrogens is 226 g/mol. The van der Waals surface area contributed by atoms with Crippen LogP contribution in [0.5, 0.6) is 5.75 Å². The zero-order chi connectivity index (χ0) is 14.1. The van der Waals surface area contributed by atoms with E-state index in [4.69, 9.17) is 0 Å². The first kappa shape index (κ1) is 14.6. The summed E-state index contributed by atoms with van der Waals surface area (Å²) in [5, 5.41) is 12.8. The molecule has 3 heteroatoms. The molecule has 18 heavy (non-hydrogen) atoms. The number of carbonyl (C=O) groups excluding carboxylic acids is 1. The van der Waals surface area contributed by atoms with E-state index in [0.29, 0.717) is 12.1 Å². The van der Waals surface area contributed by atoms with Gasteiger partial charge in [0.05, 0.1) is 5.69 Å². The van der Waals surface area contributed by atoms with Crippen molar-refractivity contribution in [3.63, 3.8) is 0 Å². The van der Waals surface area contributed by atoms with Crippen molar-refractivity contribution in [2.45, 2.75) is 52.4 Å². The highest BCUT2D eigenvalue weighted by atomic mass is 16.3. The highest BCUT2D eigenvalue weighted by Gasteiger charge is 2.24. The summed E-state index contributed by atoms with van der Waals surface area (Å²) in [7, 11) is 0. The van der Waals surface area contributed by atoms with Crippen molar-refractivity contribution in [1.29, 1.82) is 0 Å². The second kappa shape index (κ2) is 4.63. The molecule has 2 N–H and O–H groups in total. The zero-order valence-electron chi connectivity index (χ0n) is 12.1. The molecule has 0 unspecified atom stereocenters. The summed E-state index contributed by atoms with van der Waals surface area (Å²) in [6, 6.07) is 3.85. The van der Waals surface area contributed by atoms with Gasteiger partial charge in [0.25, 0.3) is 0 Å². The molecule has 3 nitrogen and oxygen atoms in total. The van der Waals surface area contributed by atoms with Crippen LogP contribution in [-0.2, 0) is 15.6 Å². The van der Waals surface area contributed by atoms with Gasteiger partial charge in [-0.2, -0.15) is 0 Å². The highest BCUT2D eigenvalue weighted by Crippen LogP contribution is 2.39. The van der Waals surface area contributed by atoms with E-state index in [1.807, 2.05) is 32.9 Å². The van der Waals surface area contributed by atoms with Gasteiger partial charge in [0.1, 0.15) is 5.75 Å². The fourth-order valence-electron chi connectivity index (χ4n) is 1.81. The van der Waals surface area contributed by atoms with E-state index in [1.165, 1.54) is 0 Å². The van der Waals surface area contributed by atoms with Crippen LogP contribution in [0.15, 0.2) is 12.1 Å². The number of hydrogen-bond donors (Lipinski definition) is 2. The Morgan fingerprint density at radius 1 is 1.06 bits per heavy atom. The van der Waals surface area contributed by atoms with Gasteiger partial charge in [-0.05, 0) is 22.5 Å². The van der Waals surface area contributed by atoms with E-state index in [-0.39, 0.29) is 16.6 Å². The van der Waals surface area contributed by atoms with Crippen molar-refractivity contribution in [3.8, 4) is 5.75 Å². The molecule has 1 rings (SSSR count). The Morgan fingerprint density at radius 2 is 1.61 bits per heavy atom. The van der Waals surface area contributed by atoms with Crippen molar-refractivity contribution in [3.05, 3.63) is 23.3 Å². The number of phenolic OH excluding ortho intramolecular Hbond substituents is 1. The Labute approximate surface area is 109 Å². The lowest BCUT2D eigenvalue weighted by molar-refractivity contribution is -0.105. The average molecular weight is 249 g/mol. The van der Waals surface area contributed by atoms with Gasteiger partial charge >= 0.3 is 0 Å². The van der Waals surface area contributed by atoms with Crippen LogP contribution in [0, 0.1) is 0 Å². The minimum Gasteiger partial charge on any atom is -0.505 e. The molecule has 0 fully saturated rings. The zero-order valence-corrected chi connectivity index (χ0v) is 12.1. The third-order valence-corrected chi connectivity index (χ3v) is 3.00. The first-order valence-corrected chi connectivity index (χ1v) is 6.15. The van der Waals surface area contributed by atoms with Crippen LogP contribution >= 0.6 is 0 Å². The SMILES string of the molecule is CC(C)(C)c1cc(NC=O)c(O)c(C(C)(C)C)c1. The van der Waals surface area contributed by atoms with Crippen LogP contribution in [0.4, 0.5) is 5.69 Å². The maximum atomic E-state index is 10.6.